The second kappa shape index (κ2) is 9.67. The molecule has 0 aromatic carbocycles. The van der Waals surface area contributed by atoms with Crippen LogP contribution in [0.3, 0.4) is 0 Å². The van der Waals surface area contributed by atoms with E-state index in [4.69, 9.17) is 4.74 Å². The van der Waals surface area contributed by atoms with Crippen LogP contribution >= 0.6 is 12.4 Å². The third-order valence-corrected chi connectivity index (χ3v) is 0.985. The number of hydrogen-bond acceptors (Lipinski definition) is 3. The molecule has 4 heteroatoms. The molecule has 0 saturated heterocycles. The molecule has 0 fully saturated rings. The molecule has 0 spiro atoms. The first kappa shape index (κ1) is 20.8. The third-order valence-electron chi connectivity index (χ3n) is 0.985. The zero-order valence-corrected chi connectivity index (χ0v) is 12.4. The lowest BCUT2D eigenvalue weighted by atomic mass is 9.99. The second-order valence-electron chi connectivity index (χ2n) is 5.26. The monoisotopic (exact) mass is 251 g/mol. The zero-order chi connectivity index (χ0) is 12.6. The first-order valence-electron chi connectivity index (χ1n) is 5.00. The highest BCUT2D eigenvalue weighted by Gasteiger charge is 2.13. The van der Waals surface area contributed by atoms with Gasteiger partial charge in [0.2, 0.25) is 0 Å². The SMILES string of the molecule is C=C(C)C(=O)OCC(C)(C)C.CN(C)C.Cl. The highest BCUT2D eigenvalue weighted by Crippen LogP contribution is 2.13. The number of rotatable bonds is 2. The molecule has 0 unspecified atom stereocenters. The fourth-order valence-corrected chi connectivity index (χ4v) is 0.405. The Morgan fingerprint density at radius 3 is 1.75 bits per heavy atom. The number of carbonyl (C=O) groups excluding carboxylic acids is 1. The van der Waals surface area contributed by atoms with Crippen LogP contribution in [0.2, 0.25) is 0 Å². The fraction of sp³-hybridized carbons (Fsp3) is 0.750. The molecule has 0 rings (SSSR count). The number of esters is 1. The molecule has 0 radical (unpaired) electrons. The molecule has 0 aromatic rings. The van der Waals surface area contributed by atoms with Gasteiger partial charge in [0.05, 0.1) is 6.61 Å². The predicted octanol–water partition coefficient (Wildman–Crippen LogP) is 2.75. The molecule has 0 aromatic heterocycles. The first-order valence-corrected chi connectivity index (χ1v) is 5.00. The van der Waals surface area contributed by atoms with E-state index < -0.39 is 0 Å². The van der Waals surface area contributed by atoms with Gasteiger partial charge in [-0.05, 0) is 33.5 Å². The van der Waals surface area contributed by atoms with Crippen molar-refractivity contribution in [3.05, 3.63) is 12.2 Å². The number of hydrogen-bond donors (Lipinski definition) is 0. The predicted molar refractivity (Wildman–Crippen MR) is 72.1 cm³/mol. The molecule has 98 valence electrons. The Bertz CT molecular complexity index is 205. The molecule has 0 aliphatic rings. The summed E-state index contributed by atoms with van der Waals surface area (Å²) in [6.45, 7) is 11.6. The normalized spacial score (nSPS) is 9.75. The molecule has 0 bridgehead atoms. The largest absolute Gasteiger partial charge is 0.462 e. The van der Waals surface area contributed by atoms with E-state index in [-0.39, 0.29) is 23.8 Å². The Kier molecular flexibility index (Phi) is 12.6. The standard InChI is InChI=1S/C9H16O2.C3H9N.ClH/c1-7(2)8(10)11-6-9(3,4)5;1-4(2)3;/h1,6H2,2-5H3;1-3H3;1H. The summed E-state index contributed by atoms with van der Waals surface area (Å²) >= 11 is 0. The lowest BCUT2D eigenvalue weighted by molar-refractivity contribution is -0.141. The lowest BCUT2D eigenvalue weighted by Gasteiger charge is -2.17. The number of nitrogens with zero attached hydrogens (tertiary/aromatic N) is 1. The summed E-state index contributed by atoms with van der Waals surface area (Å²) in [5, 5.41) is 0. The summed E-state index contributed by atoms with van der Waals surface area (Å²) in [6, 6.07) is 0. The highest BCUT2D eigenvalue weighted by atomic mass is 35.5. The van der Waals surface area contributed by atoms with E-state index in [9.17, 15) is 4.79 Å². The maximum atomic E-state index is 10.9. The summed E-state index contributed by atoms with van der Waals surface area (Å²) in [5.74, 6) is -0.306. The van der Waals surface area contributed by atoms with E-state index in [2.05, 4.69) is 6.58 Å². The third kappa shape index (κ3) is 23.4. The zero-order valence-electron chi connectivity index (χ0n) is 11.6. The molecule has 0 atom stereocenters. The summed E-state index contributed by atoms with van der Waals surface area (Å²) in [7, 11) is 6.00. The van der Waals surface area contributed by atoms with Crippen LogP contribution in [-0.2, 0) is 9.53 Å². The van der Waals surface area contributed by atoms with Crippen LogP contribution in [0.25, 0.3) is 0 Å². The van der Waals surface area contributed by atoms with Gasteiger partial charge in [-0.1, -0.05) is 27.4 Å². The molecule has 0 heterocycles. The Labute approximate surface area is 106 Å². The van der Waals surface area contributed by atoms with Crippen LogP contribution in [0.4, 0.5) is 0 Å². The van der Waals surface area contributed by atoms with Gasteiger partial charge in [0.1, 0.15) is 0 Å². The van der Waals surface area contributed by atoms with E-state index in [0.717, 1.165) is 0 Å². The van der Waals surface area contributed by atoms with Crippen molar-refractivity contribution < 1.29 is 9.53 Å². The van der Waals surface area contributed by atoms with E-state index in [1.807, 2.05) is 46.8 Å². The topological polar surface area (TPSA) is 29.5 Å². The van der Waals surface area contributed by atoms with Crippen molar-refractivity contribution in [2.24, 2.45) is 5.41 Å². The Balaban J connectivity index is -0.000000292. The molecule has 0 aliphatic heterocycles. The Hall–Kier alpha value is -0.540. The highest BCUT2D eigenvalue weighted by molar-refractivity contribution is 5.86. The van der Waals surface area contributed by atoms with Crippen LogP contribution in [0, 0.1) is 5.41 Å². The van der Waals surface area contributed by atoms with Gasteiger partial charge < -0.3 is 9.64 Å². The van der Waals surface area contributed by atoms with Gasteiger partial charge >= 0.3 is 5.97 Å². The molecular weight excluding hydrogens is 226 g/mol. The second-order valence-corrected chi connectivity index (χ2v) is 5.26. The quantitative estimate of drug-likeness (QED) is 0.558. The number of halogens is 1. The van der Waals surface area contributed by atoms with Crippen molar-refractivity contribution in [1.82, 2.24) is 4.90 Å². The molecule has 0 N–H and O–H groups in total. The molecule has 0 saturated carbocycles. The lowest BCUT2D eigenvalue weighted by Crippen LogP contribution is -2.18. The average Bonchev–Trinajstić information content (AvgIpc) is 1.97. The summed E-state index contributed by atoms with van der Waals surface area (Å²) in [4.78, 5) is 12.9. The minimum Gasteiger partial charge on any atom is -0.462 e. The molecule has 3 nitrogen and oxygen atoms in total. The maximum Gasteiger partial charge on any atom is 0.333 e. The molecule has 0 aliphatic carbocycles. The fourth-order valence-electron chi connectivity index (χ4n) is 0.405. The van der Waals surface area contributed by atoms with Crippen molar-refractivity contribution >= 4 is 18.4 Å². The number of ether oxygens (including phenoxy) is 1. The molecule has 16 heavy (non-hydrogen) atoms. The van der Waals surface area contributed by atoms with Gasteiger partial charge in [0.25, 0.3) is 0 Å². The minimum atomic E-state index is -0.306. The van der Waals surface area contributed by atoms with Crippen molar-refractivity contribution in [2.45, 2.75) is 27.7 Å². The average molecular weight is 252 g/mol. The summed E-state index contributed by atoms with van der Waals surface area (Å²) < 4.78 is 4.93. The Morgan fingerprint density at radius 1 is 1.25 bits per heavy atom. The Morgan fingerprint density at radius 2 is 1.56 bits per heavy atom. The van der Waals surface area contributed by atoms with Crippen LogP contribution < -0.4 is 0 Å². The molecule has 0 amide bonds. The summed E-state index contributed by atoms with van der Waals surface area (Å²) in [6.07, 6.45) is 0. The van der Waals surface area contributed by atoms with E-state index in [0.29, 0.717) is 12.2 Å². The van der Waals surface area contributed by atoms with E-state index in [1.165, 1.54) is 0 Å². The molecular formula is C12H26ClNO2. The van der Waals surface area contributed by atoms with Gasteiger partial charge in [-0.25, -0.2) is 4.79 Å². The van der Waals surface area contributed by atoms with E-state index >= 15 is 0 Å². The van der Waals surface area contributed by atoms with Crippen molar-refractivity contribution in [1.29, 1.82) is 0 Å². The van der Waals surface area contributed by atoms with Gasteiger partial charge in [-0.2, -0.15) is 0 Å². The van der Waals surface area contributed by atoms with Crippen molar-refractivity contribution in [2.75, 3.05) is 27.7 Å². The number of carbonyl (C=O) groups is 1. The van der Waals surface area contributed by atoms with Gasteiger partial charge in [0.15, 0.2) is 0 Å². The first-order chi connectivity index (χ1) is 6.56. The van der Waals surface area contributed by atoms with Crippen LogP contribution in [0.1, 0.15) is 27.7 Å². The van der Waals surface area contributed by atoms with Crippen LogP contribution in [0.5, 0.6) is 0 Å². The van der Waals surface area contributed by atoms with Crippen LogP contribution in [0.15, 0.2) is 12.2 Å². The van der Waals surface area contributed by atoms with Gasteiger partial charge in [-0.15, -0.1) is 12.4 Å². The van der Waals surface area contributed by atoms with Gasteiger partial charge in [0, 0.05) is 5.57 Å². The van der Waals surface area contributed by atoms with Crippen molar-refractivity contribution in [3.63, 3.8) is 0 Å². The smallest absolute Gasteiger partial charge is 0.333 e. The maximum absolute atomic E-state index is 10.9. The van der Waals surface area contributed by atoms with Crippen molar-refractivity contribution in [3.8, 4) is 0 Å². The summed E-state index contributed by atoms with van der Waals surface area (Å²) in [5.41, 5.74) is 0.486. The minimum absolute atomic E-state index is 0. The van der Waals surface area contributed by atoms with Crippen LogP contribution in [-0.4, -0.2) is 38.6 Å². The van der Waals surface area contributed by atoms with Gasteiger partial charge in [-0.3, -0.25) is 0 Å². The van der Waals surface area contributed by atoms with E-state index in [1.54, 1.807) is 6.92 Å².